The third kappa shape index (κ3) is 6.03. The van der Waals surface area contributed by atoms with Gasteiger partial charge in [-0.3, -0.25) is 4.79 Å². The van der Waals surface area contributed by atoms with E-state index in [4.69, 9.17) is 10.5 Å². The fraction of sp³-hybridized carbons (Fsp3) is 0.923. The van der Waals surface area contributed by atoms with Crippen LogP contribution in [0.4, 0.5) is 0 Å². The first kappa shape index (κ1) is 16.4. The maximum Gasteiger partial charge on any atom is 0.325 e. The van der Waals surface area contributed by atoms with Crippen molar-refractivity contribution in [1.82, 2.24) is 4.90 Å². The Morgan fingerprint density at radius 1 is 1.47 bits per heavy atom. The molecule has 0 aromatic carbocycles. The lowest BCUT2D eigenvalue weighted by Gasteiger charge is -2.26. The Hall–Kier alpha value is -0.610. The summed E-state index contributed by atoms with van der Waals surface area (Å²) in [5.74, 6) is -0.300. The highest BCUT2D eigenvalue weighted by atomic mass is 16.5. The molecule has 0 rings (SSSR count). The number of hydrogen-bond donors (Lipinski definition) is 1. The molecule has 0 spiro atoms. The molecule has 4 heteroatoms. The second-order valence-corrected chi connectivity index (χ2v) is 4.98. The summed E-state index contributed by atoms with van der Waals surface area (Å²) in [5.41, 5.74) is 5.09. The van der Waals surface area contributed by atoms with Gasteiger partial charge in [0.15, 0.2) is 0 Å². The highest BCUT2D eigenvalue weighted by Gasteiger charge is 2.29. The molecular weight excluding hydrogens is 216 g/mol. The monoisotopic (exact) mass is 244 g/mol. The van der Waals surface area contributed by atoms with E-state index < -0.39 is 5.54 Å². The second kappa shape index (κ2) is 7.67. The van der Waals surface area contributed by atoms with Gasteiger partial charge in [0, 0.05) is 6.04 Å². The van der Waals surface area contributed by atoms with Crippen LogP contribution in [-0.4, -0.2) is 42.6 Å². The van der Waals surface area contributed by atoms with Crippen LogP contribution in [-0.2, 0) is 9.53 Å². The molecule has 4 nitrogen and oxygen atoms in total. The second-order valence-electron chi connectivity index (χ2n) is 4.98. The van der Waals surface area contributed by atoms with Gasteiger partial charge in [-0.15, -0.1) is 0 Å². The van der Waals surface area contributed by atoms with Gasteiger partial charge in [0.25, 0.3) is 0 Å². The summed E-state index contributed by atoms with van der Waals surface area (Å²) in [6, 6.07) is 0.571. The number of esters is 1. The molecule has 0 bridgehead atoms. The van der Waals surface area contributed by atoms with Crippen LogP contribution in [0.15, 0.2) is 0 Å². The standard InChI is InChI=1S/C13H28N2O2/c1-6-11(3)15(5)10-8-9-13(4,14)12(16)17-7-2/h11H,6-10,14H2,1-5H3. The largest absolute Gasteiger partial charge is 0.465 e. The molecule has 0 aliphatic heterocycles. The molecule has 2 atom stereocenters. The number of carbonyl (C=O) groups is 1. The average molecular weight is 244 g/mol. The fourth-order valence-electron chi connectivity index (χ4n) is 1.63. The Morgan fingerprint density at radius 3 is 2.53 bits per heavy atom. The quantitative estimate of drug-likeness (QED) is 0.661. The van der Waals surface area contributed by atoms with E-state index in [2.05, 4.69) is 25.8 Å². The van der Waals surface area contributed by atoms with Crippen molar-refractivity contribution >= 4 is 5.97 Å². The van der Waals surface area contributed by atoms with E-state index in [1.807, 2.05) is 0 Å². The lowest BCUT2D eigenvalue weighted by molar-refractivity contribution is -0.149. The van der Waals surface area contributed by atoms with E-state index in [0.717, 1.165) is 19.4 Å². The van der Waals surface area contributed by atoms with E-state index in [1.54, 1.807) is 13.8 Å². The SMILES string of the molecule is CCOC(=O)C(C)(N)CCCN(C)C(C)CC. The van der Waals surface area contributed by atoms with Crippen molar-refractivity contribution < 1.29 is 9.53 Å². The molecule has 0 aliphatic carbocycles. The number of nitrogens with zero attached hydrogens (tertiary/aromatic N) is 1. The molecule has 0 heterocycles. The van der Waals surface area contributed by atoms with E-state index in [-0.39, 0.29) is 5.97 Å². The molecular formula is C13H28N2O2. The predicted molar refractivity (Wildman–Crippen MR) is 70.8 cm³/mol. The molecule has 0 radical (unpaired) electrons. The number of rotatable bonds is 8. The number of carbonyl (C=O) groups excluding carboxylic acids is 1. The Kier molecular flexibility index (Phi) is 7.39. The zero-order valence-corrected chi connectivity index (χ0v) is 12.0. The van der Waals surface area contributed by atoms with Gasteiger partial charge in [-0.2, -0.15) is 0 Å². The van der Waals surface area contributed by atoms with Crippen LogP contribution >= 0.6 is 0 Å². The zero-order valence-electron chi connectivity index (χ0n) is 12.0. The normalized spacial score (nSPS) is 16.6. The molecule has 0 aromatic heterocycles. The summed E-state index contributed by atoms with van der Waals surface area (Å²) in [6.45, 7) is 9.26. The number of nitrogens with two attached hydrogens (primary N) is 1. The summed E-state index contributed by atoms with van der Waals surface area (Å²) in [4.78, 5) is 13.9. The maximum atomic E-state index is 11.6. The van der Waals surface area contributed by atoms with Crippen molar-refractivity contribution in [2.45, 2.75) is 58.5 Å². The first-order chi connectivity index (χ1) is 7.85. The summed E-state index contributed by atoms with van der Waals surface area (Å²) < 4.78 is 4.96. The Balaban J connectivity index is 3.98. The minimum absolute atomic E-state index is 0.300. The van der Waals surface area contributed by atoms with Crippen molar-refractivity contribution in [2.24, 2.45) is 5.73 Å². The van der Waals surface area contributed by atoms with Gasteiger partial charge >= 0.3 is 5.97 Å². The van der Waals surface area contributed by atoms with Crippen molar-refractivity contribution in [3.05, 3.63) is 0 Å². The van der Waals surface area contributed by atoms with Gasteiger partial charge in [0.1, 0.15) is 5.54 Å². The summed E-state index contributed by atoms with van der Waals surface area (Å²) in [5, 5.41) is 0. The van der Waals surface area contributed by atoms with E-state index >= 15 is 0 Å². The minimum Gasteiger partial charge on any atom is -0.465 e. The molecule has 0 saturated heterocycles. The lowest BCUT2D eigenvalue weighted by Crippen LogP contribution is -2.46. The van der Waals surface area contributed by atoms with Gasteiger partial charge in [-0.25, -0.2) is 0 Å². The molecule has 0 saturated carbocycles. The third-order valence-electron chi connectivity index (χ3n) is 3.29. The fourth-order valence-corrected chi connectivity index (χ4v) is 1.63. The molecule has 0 amide bonds. The molecule has 17 heavy (non-hydrogen) atoms. The van der Waals surface area contributed by atoms with Gasteiger partial charge in [0.2, 0.25) is 0 Å². The molecule has 0 aliphatic rings. The van der Waals surface area contributed by atoms with Gasteiger partial charge in [-0.1, -0.05) is 6.92 Å². The number of ether oxygens (including phenoxy) is 1. The van der Waals surface area contributed by atoms with Crippen LogP contribution in [0.3, 0.4) is 0 Å². The van der Waals surface area contributed by atoms with Crippen molar-refractivity contribution in [3.8, 4) is 0 Å². The summed E-state index contributed by atoms with van der Waals surface area (Å²) in [6.07, 6.45) is 2.70. The van der Waals surface area contributed by atoms with E-state index in [1.165, 1.54) is 0 Å². The van der Waals surface area contributed by atoms with Crippen LogP contribution in [0, 0.1) is 0 Å². The average Bonchev–Trinajstić information content (AvgIpc) is 2.27. The lowest BCUT2D eigenvalue weighted by atomic mass is 9.97. The van der Waals surface area contributed by atoms with Crippen LogP contribution in [0.1, 0.15) is 47.0 Å². The zero-order chi connectivity index (χ0) is 13.5. The van der Waals surface area contributed by atoms with Crippen LogP contribution in [0.25, 0.3) is 0 Å². The highest BCUT2D eigenvalue weighted by Crippen LogP contribution is 2.12. The third-order valence-corrected chi connectivity index (χ3v) is 3.29. The van der Waals surface area contributed by atoms with Crippen LogP contribution < -0.4 is 5.73 Å². The Morgan fingerprint density at radius 2 is 2.06 bits per heavy atom. The summed E-state index contributed by atoms with van der Waals surface area (Å²) >= 11 is 0. The smallest absolute Gasteiger partial charge is 0.325 e. The van der Waals surface area contributed by atoms with Crippen LogP contribution in [0.5, 0.6) is 0 Å². The first-order valence-corrected chi connectivity index (χ1v) is 6.51. The summed E-state index contributed by atoms with van der Waals surface area (Å²) in [7, 11) is 2.10. The first-order valence-electron chi connectivity index (χ1n) is 6.51. The minimum atomic E-state index is -0.855. The Bertz CT molecular complexity index is 229. The molecule has 2 N–H and O–H groups in total. The maximum absolute atomic E-state index is 11.6. The highest BCUT2D eigenvalue weighted by molar-refractivity contribution is 5.79. The Labute approximate surface area is 105 Å². The molecule has 0 fully saturated rings. The number of hydrogen-bond acceptors (Lipinski definition) is 4. The molecule has 0 aromatic rings. The van der Waals surface area contributed by atoms with Crippen LogP contribution in [0.2, 0.25) is 0 Å². The van der Waals surface area contributed by atoms with E-state index in [0.29, 0.717) is 19.1 Å². The van der Waals surface area contributed by atoms with Gasteiger partial charge in [-0.05, 0) is 53.6 Å². The van der Waals surface area contributed by atoms with Crippen molar-refractivity contribution in [1.29, 1.82) is 0 Å². The van der Waals surface area contributed by atoms with Gasteiger partial charge in [0.05, 0.1) is 6.61 Å². The molecule has 2 unspecified atom stereocenters. The van der Waals surface area contributed by atoms with Crippen molar-refractivity contribution in [3.63, 3.8) is 0 Å². The topological polar surface area (TPSA) is 55.6 Å². The predicted octanol–water partition coefficient (Wildman–Crippen LogP) is 1.78. The van der Waals surface area contributed by atoms with E-state index in [9.17, 15) is 4.79 Å². The van der Waals surface area contributed by atoms with Crippen molar-refractivity contribution in [2.75, 3.05) is 20.2 Å². The van der Waals surface area contributed by atoms with Gasteiger partial charge < -0.3 is 15.4 Å². The molecule has 102 valence electrons.